The zero-order valence-electron chi connectivity index (χ0n) is 15.2. The normalized spacial score (nSPS) is 24.3. The van der Waals surface area contributed by atoms with Crippen LogP contribution in [0.25, 0.3) is 0 Å². The van der Waals surface area contributed by atoms with Gasteiger partial charge in [-0.05, 0) is 26.0 Å². The molecule has 1 aliphatic carbocycles. The lowest BCUT2D eigenvalue weighted by Crippen LogP contribution is -2.29. The molecule has 2 atom stereocenters. The number of ether oxygens (including phenoxy) is 2. The fourth-order valence-corrected chi connectivity index (χ4v) is 2.72. The summed E-state index contributed by atoms with van der Waals surface area (Å²) >= 11 is 0. The highest BCUT2D eigenvalue weighted by Gasteiger charge is 2.25. The molecule has 0 fully saturated rings. The van der Waals surface area contributed by atoms with Crippen LogP contribution in [0.2, 0.25) is 0 Å². The van der Waals surface area contributed by atoms with Gasteiger partial charge in [0.25, 0.3) is 5.91 Å². The standard InChI is InChI=1S/C19H25N3O3/c1-6-25-18-9-7-8-16(21-18)14(3)19(23)22(20-4)15-10-11-17(24-5)13(2)12-15/h7,9-13,17H,4,6,8H2,1-3,5H3/b16-14+. The van der Waals surface area contributed by atoms with Gasteiger partial charge in [0.1, 0.15) is 0 Å². The molecule has 0 spiro atoms. The molecule has 6 heteroatoms. The number of hydrogen-bond acceptors (Lipinski definition) is 5. The molecule has 2 unspecified atom stereocenters. The molecular formula is C19H25N3O3. The highest BCUT2D eigenvalue weighted by atomic mass is 16.5. The van der Waals surface area contributed by atoms with Crippen LogP contribution in [0.3, 0.4) is 0 Å². The van der Waals surface area contributed by atoms with Crippen LogP contribution in [0.15, 0.2) is 57.4 Å². The Morgan fingerprint density at radius 2 is 2.24 bits per heavy atom. The van der Waals surface area contributed by atoms with Gasteiger partial charge in [-0.1, -0.05) is 25.2 Å². The summed E-state index contributed by atoms with van der Waals surface area (Å²) in [4.78, 5) is 17.3. The fourth-order valence-electron chi connectivity index (χ4n) is 2.72. The van der Waals surface area contributed by atoms with Crippen LogP contribution in [-0.4, -0.2) is 43.4 Å². The van der Waals surface area contributed by atoms with Crippen LogP contribution >= 0.6 is 0 Å². The predicted molar refractivity (Wildman–Crippen MR) is 99.1 cm³/mol. The van der Waals surface area contributed by atoms with Gasteiger partial charge in [0.15, 0.2) is 0 Å². The number of dihydropyridines is 1. The van der Waals surface area contributed by atoms with Crippen molar-refractivity contribution in [1.82, 2.24) is 5.01 Å². The van der Waals surface area contributed by atoms with E-state index < -0.39 is 0 Å². The molecule has 1 heterocycles. The summed E-state index contributed by atoms with van der Waals surface area (Å²) in [5.41, 5.74) is 1.87. The lowest BCUT2D eigenvalue weighted by Gasteiger charge is -2.26. The minimum Gasteiger partial charge on any atom is -0.478 e. The van der Waals surface area contributed by atoms with Gasteiger partial charge in [-0.15, -0.1) is 0 Å². The molecule has 0 N–H and O–H groups in total. The van der Waals surface area contributed by atoms with Gasteiger partial charge < -0.3 is 9.47 Å². The van der Waals surface area contributed by atoms with E-state index in [-0.39, 0.29) is 17.9 Å². The lowest BCUT2D eigenvalue weighted by molar-refractivity contribution is -0.125. The minimum absolute atomic E-state index is 0.00759. The van der Waals surface area contributed by atoms with E-state index in [1.807, 2.05) is 44.2 Å². The third-order valence-corrected chi connectivity index (χ3v) is 4.12. The Morgan fingerprint density at radius 3 is 2.84 bits per heavy atom. The smallest absolute Gasteiger partial charge is 0.276 e. The summed E-state index contributed by atoms with van der Waals surface area (Å²) in [6, 6.07) is 0. The molecule has 0 aromatic carbocycles. The molecule has 2 aliphatic rings. The van der Waals surface area contributed by atoms with E-state index in [1.54, 1.807) is 14.0 Å². The molecule has 0 aromatic rings. The van der Waals surface area contributed by atoms with Crippen molar-refractivity contribution in [3.05, 3.63) is 47.3 Å². The topological polar surface area (TPSA) is 63.5 Å². The van der Waals surface area contributed by atoms with E-state index in [1.165, 1.54) is 5.01 Å². The monoisotopic (exact) mass is 343 g/mol. The van der Waals surface area contributed by atoms with Crippen molar-refractivity contribution >= 4 is 18.5 Å². The first kappa shape index (κ1) is 18.9. The number of carbonyl (C=O) groups is 1. The number of rotatable bonds is 5. The Labute approximate surface area is 148 Å². The van der Waals surface area contributed by atoms with Crippen molar-refractivity contribution in [3.63, 3.8) is 0 Å². The first-order valence-electron chi connectivity index (χ1n) is 8.33. The van der Waals surface area contributed by atoms with Crippen molar-refractivity contribution in [2.24, 2.45) is 16.0 Å². The Hall–Kier alpha value is -2.47. The Kier molecular flexibility index (Phi) is 6.47. The summed E-state index contributed by atoms with van der Waals surface area (Å²) in [5.74, 6) is 0.399. The average molecular weight is 343 g/mol. The summed E-state index contributed by atoms with van der Waals surface area (Å²) in [6.45, 7) is 9.74. The van der Waals surface area contributed by atoms with Crippen molar-refractivity contribution in [3.8, 4) is 0 Å². The van der Waals surface area contributed by atoms with Crippen molar-refractivity contribution < 1.29 is 14.3 Å². The van der Waals surface area contributed by atoms with E-state index in [0.717, 1.165) is 0 Å². The van der Waals surface area contributed by atoms with Gasteiger partial charge in [-0.3, -0.25) is 4.79 Å². The molecule has 25 heavy (non-hydrogen) atoms. The predicted octanol–water partition coefficient (Wildman–Crippen LogP) is 3.20. The highest BCUT2D eigenvalue weighted by Crippen LogP contribution is 2.25. The Bertz CT molecular complexity index is 686. The van der Waals surface area contributed by atoms with Crippen molar-refractivity contribution in [2.45, 2.75) is 33.3 Å². The molecule has 134 valence electrons. The summed E-state index contributed by atoms with van der Waals surface area (Å²) in [6.07, 6.45) is 10.0. The number of carbonyl (C=O) groups excluding carboxylic acids is 1. The zero-order chi connectivity index (χ0) is 18.4. The molecule has 2 rings (SSSR count). The van der Waals surface area contributed by atoms with Crippen molar-refractivity contribution in [2.75, 3.05) is 13.7 Å². The van der Waals surface area contributed by atoms with Crippen LogP contribution in [-0.2, 0) is 14.3 Å². The molecule has 0 radical (unpaired) electrons. The quantitative estimate of drug-likeness (QED) is 0.437. The molecule has 0 saturated carbocycles. The van der Waals surface area contributed by atoms with Gasteiger partial charge in [0.05, 0.1) is 24.1 Å². The van der Waals surface area contributed by atoms with E-state index in [0.29, 0.717) is 35.9 Å². The molecule has 0 aromatic heterocycles. The third-order valence-electron chi connectivity index (χ3n) is 4.12. The van der Waals surface area contributed by atoms with Crippen molar-refractivity contribution in [1.29, 1.82) is 0 Å². The van der Waals surface area contributed by atoms with Gasteiger partial charge in [0.2, 0.25) is 5.90 Å². The number of methoxy groups -OCH3 is 1. The maximum absolute atomic E-state index is 12.9. The molecular weight excluding hydrogens is 318 g/mol. The summed E-state index contributed by atoms with van der Waals surface area (Å²) < 4.78 is 10.8. The fraction of sp³-hybridized carbons (Fsp3) is 0.421. The lowest BCUT2D eigenvalue weighted by atomic mass is 9.97. The Balaban J connectivity index is 2.25. The number of aliphatic imine (C=N–C) groups is 1. The summed E-state index contributed by atoms with van der Waals surface area (Å²) in [7, 11) is 1.66. The molecule has 0 bridgehead atoms. The number of allylic oxidation sites excluding steroid dienone is 2. The summed E-state index contributed by atoms with van der Waals surface area (Å²) in [5, 5.41) is 5.21. The number of hydrogen-bond donors (Lipinski definition) is 0. The van der Waals surface area contributed by atoms with E-state index in [2.05, 4.69) is 16.8 Å². The average Bonchev–Trinajstić information content (AvgIpc) is 2.62. The number of amides is 1. The molecule has 0 saturated heterocycles. The Morgan fingerprint density at radius 1 is 1.48 bits per heavy atom. The van der Waals surface area contributed by atoms with Crippen LogP contribution in [0.4, 0.5) is 0 Å². The van der Waals surface area contributed by atoms with Gasteiger partial charge in [-0.2, -0.15) is 10.1 Å². The van der Waals surface area contributed by atoms with Gasteiger partial charge in [0, 0.05) is 31.7 Å². The maximum atomic E-state index is 12.9. The van der Waals surface area contributed by atoms with Crippen LogP contribution in [0.5, 0.6) is 0 Å². The van der Waals surface area contributed by atoms with E-state index in [9.17, 15) is 4.79 Å². The van der Waals surface area contributed by atoms with Crippen LogP contribution in [0, 0.1) is 5.92 Å². The van der Waals surface area contributed by atoms with Crippen LogP contribution in [0.1, 0.15) is 27.2 Å². The van der Waals surface area contributed by atoms with Gasteiger partial charge >= 0.3 is 0 Å². The number of nitrogens with zero attached hydrogens (tertiary/aromatic N) is 3. The van der Waals surface area contributed by atoms with E-state index in [4.69, 9.17) is 9.47 Å². The second kappa shape index (κ2) is 8.58. The van der Waals surface area contributed by atoms with Gasteiger partial charge in [-0.25, -0.2) is 4.99 Å². The SMILES string of the molecule is C=NN(C(=O)/C(C)=C1\CC=CC(OCC)=N1)C1=CC(C)C(OC)C=C1. The largest absolute Gasteiger partial charge is 0.478 e. The minimum atomic E-state index is -0.251. The molecule has 6 nitrogen and oxygen atoms in total. The third kappa shape index (κ3) is 4.33. The second-order valence-electron chi connectivity index (χ2n) is 5.83. The number of hydrazone groups is 1. The van der Waals surface area contributed by atoms with Crippen LogP contribution < -0.4 is 0 Å². The zero-order valence-corrected chi connectivity index (χ0v) is 15.2. The second-order valence-corrected chi connectivity index (χ2v) is 5.83. The highest BCUT2D eigenvalue weighted by molar-refractivity contribution is 5.97. The maximum Gasteiger partial charge on any atom is 0.276 e. The first-order valence-corrected chi connectivity index (χ1v) is 8.33. The molecule has 1 amide bonds. The van der Waals surface area contributed by atoms with E-state index >= 15 is 0 Å². The molecule has 1 aliphatic heterocycles. The first-order chi connectivity index (χ1) is 12.0.